The van der Waals surface area contributed by atoms with E-state index in [1.54, 1.807) is 0 Å². The Morgan fingerprint density at radius 2 is 2.00 bits per heavy atom. The van der Waals surface area contributed by atoms with Crippen LogP contribution in [-0.2, 0) is 19.4 Å². The van der Waals surface area contributed by atoms with E-state index >= 15 is 0 Å². The van der Waals surface area contributed by atoms with Gasteiger partial charge in [0.2, 0.25) is 0 Å². The molecule has 2 N–H and O–H groups in total. The van der Waals surface area contributed by atoms with Gasteiger partial charge in [-0.2, -0.15) is 0 Å². The molecule has 28 heavy (non-hydrogen) atoms. The molecular weight excluding hydrogens is 348 g/mol. The third-order valence-electron chi connectivity index (χ3n) is 5.19. The first-order chi connectivity index (χ1) is 13.4. The summed E-state index contributed by atoms with van der Waals surface area (Å²) in [4.78, 5) is 2.37. The van der Waals surface area contributed by atoms with Crippen LogP contribution in [0.2, 0.25) is 0 Å². The zero-order valence-electron chi connectivity index (χ0n) is 17.1. The molecule has 0 unspecified atom stereocenters. The van der Waals surface area contributed by atoms with Gasteiger partial charge in [0.1, 0.15) is 23.7 Å². The lowest BCUT2D eigenvalue weighted by molar-refractivity contribution is 0.274. The lowest BCUT2D eigenvalue weighted by Gasteiger charge is -2.28. The van der Waals surface area contributed by atoms with Gasteiger partial charge in [0, 0.05) is 29.7 Å². The quantitative estimate of drug-likeness (QED) is 0.624. The molecule has 3 aromatic rings. The third kappa shape index (κ3) is 4.17. The molecule has 0 fully saturated rings. The van der Waals surface area contributed by atoms with Crippen LogP contribution in [0.5, 0.6) is 5.75 Å². The summed E-state index contributed by atoms with van der Waals surface area (Å²) < 4.78 is 12.0. The number of rotatable bonds is 7. The highest BCUT2D eigenvalue weighted by molar-refractivity contribution is 5.78. The molecular formula is C24H30N2O2. The van der Waals surface area contributed by atoms with Gasteiger partial charge >= 0.3 is 0 Å². The molecule has 4 nitrogen and oxygen atoms in total. The van der Waals surface area contributed by atoms with Crippen LogP contribution in [0.15, 0.2) is 46.9 Å². The van der Waals surface area contributed by atoms with Crippen molar-refractivity contribution in [1.29, 1.82) is 0 Å². The molecule has 0 atom stereocenters. The van der Waals surface area contributed by atoms with Gasteiger partial charge in [-0.05, 0) is 74.2 Å². The largest absolute Gasteiger partial charge is 0.486 e. The number of nitrogens with two attached hydrogens (primary N) is 1. The van der Waals surface area contributed by atoms with E-state index in [0.29, 0.717) is 6.61 Å². The topological polar surface area (TPSA) is 51.6 Å². The minimum atomic E-state index is -0.199. The van der Waals surface area contributed by atoms with Crippen molar-refractivity contribution in [2.75, 3.05) is 18.0 Å². The van der Waals surface area contributed by atoms with Crippen molar-refractivity contribution >= 4 is 16.7 Å². The van der Waals surface area contributed by atoms with E-state index < -0.39 is 0 Å². The summed E-state index contributed by atoms with van der Waals surface area (Å²) in [6.07, 6.45) is 3.28. The van der Waals surface area contributed by atoms with Crippen LogP contribution in [0.4, 0.5) is 5.69 Å². The second-order valence-electron chi connectivity index (χ2n) is 8.57. The zero-order chi connectivity index (χ0) is 19.7. The Hall–Kier alpha value is -2.46. The minimum absolute atomic E-state index is 0.199. The highest BCUT2D eigenvalue weighted by Crippen LogP contribution is 2.32. The Morgan fingerprint density at radius 1 is 1.14 bits per heavy atom. The monoisotopic (exact) mass is 378 g/mol. The fourth-order valence-corrected chi connectivity index (χ4v) is 4.01. The normalized spacial score (nSPS) is 13.9. The number of hydrogen-bond donors (Lipinski definition) is 1. The molecule has 148 valence electrons. The Kier molecular flexibility index (Phi) is 5.07. The zero-order valence-corrected chi connectivity index (χ0v) is 17.1. The molecule has 0 amide bonds. The number of furan rings is 1. The Labute approximate surface area is 167 Å². The number of anilines is 1. The maximum absolute atomic E-state index is 6.20. The van der Waals surface area contributed by atoms with Crippen molar-refractivity contribution in [3.05, 3.63) is 59.4 Å². The van der Waals surface area contributed by atoms with Gasteiger partial charge in [-0.15, -0.1) is 0 Å². The summed E-state index contributed by atoms with van der Waals surface area (Å²) in [5.41, 5.74) is 10.9. The molecule has 0 spiro atoms. The SMILES string of the molecule is CCCc1ccc2oc(COc3ccc4c(c3)CCN4CC(C)(C)N)cc2c1. The van der Waals surface area contributed by atoms with Crippen molar-refractivity contribution in [2.45, 2.75) is 52.2 Å². The molecule has 0 saturated carbocycles. The average molecular weight is 379 g/mol. The van der Waals surface area contributed by atoms with Crippen LogP contribution in [0.25, 0.3) is 11.0 Å². The van der Waals surface area contributed by atoms with Gasteiger partial charge in [0.05, 0.1) is 0 Å². The molecule has 1 aromatic heterocycles. The first-order valence-corrected chi connectivity index (χ1v) is 10.2. The Bertz CT molecular complexity index is 968. The number of hydrogen-bond acceptors (Lipinski definition) is 4. The number of ether oxygens (including phenoxy) is 1. The van der Waals surface area contributed by atoms with Crippen molar-refractivity contribution in [1.82, 2.24) is 0 Å². The summed E-state index contributed by atoms with van der Waals surface area (Å²) in [6, 6.07) is 14.9. The van der Waals surface area contributed by atoms with E-state index in [9.17, 15) is 0 Å². The molecule has 1 aliphatic heterocycles. The van der Waals surface area contributed by atoms with Gasteiger partial charge < -0.3 is 19.8 Å². The molecule has 0 bridgehead atoms. The van der Waals surface area contributed by atoms with E-state index in [1.807, 2.05) is 6.07 Å². The highest BCUT2D eigenvalue weighted by Gasteiger charge is 2.24. The molecule has 2 aromatic carbocycles. The van der Waals surface area contributed by atoms with Crippen molar-refractivity contribution in [2.24, 2.45) is 5.73 Å². The summed E-state index contributed by atoms with van der Waals surface area (Å²) in [7, 11) is 0. The second-order valence-corrected chi connectivity index (χ2v) is 8.57. The maximum atomic E-state index is 6.20. The molecule has 1 aliphatic rings. The molecule has 0 aliphatic carbocycles. The summed E-state index contributed by atoms with van der Waals surface area (Å²) >= 11 is 0. The van der Waals surface area contributed by atoms with Crippen LogP contribution >= 0.6 is 0 Å². The maximum Gasteiger partial charge on any atom is 0.146 e. The van der Waals surface area contributed by atoms with Crippen molar-refractivity contribution < 1.29 is 9.15 Å². The second kappa shape index (κ2) is 7.51. The van der Waals surface area contributed by atoms with E-state index in [4.69, 9.17) is 14.9 Å². The smallest absolute Gasteiger partial charge is 0.146 e. The molecule has 4 rings (SSSR count). The fraction of sp³-hybridized carbons (Fsp3) is 0.417. The van der Waals surface area contributed by atoms with Gasteiger partial charge in [-0.25, -0.2) is 0 Å². The molecule has 0 radical (unpaired) electrons. The summed E-state index contributed by atoms with van der Waals surface area (Å²) in [5.74, 6) is 1.75. The minimum Gasteiger partial charge on any atom is -0.486 e. The van der Waals surface area contributed by atoms with Crippen molar-refractivity contribution in [3.63, 3.8) is 0 Å². The molecule has 0 saturated heterocycles. The van der Waals surface area contributed by atoms with E-state index in [0.717, 1.165) is 54.8 Å². The average Bonchev–Trinajstić information content (AvgIpc) is 3.22. The van der Waals surface area contributed by atoms with Gasteiger partial charge in [0.25, 0.3) is 0 Å². The van der Waals surface area contributed by atoms with Crippen LogP contribution in [-0.4, -0.2) is 18.6 Å². The first-order valence-electron chi connectivity index (χ1n) is 10.2. The molecule has 4 heteroatoms. The van der Waals surface area contributed by atoms with Crippen LogP contribution in [0.1, 0.15) is 44.1 Å². The van der Waals surface area contributed by atoms with Crippen molar-refractivity contribution in [3.8, 4) is 5.75 Å². The van der Waals surface area contributed by atoms with E-state index in [-0.39, 0.29) is 5.54 Å². The van der Waals surface area contributed by atoms with Gasteiger partial charge in [0.15, 0.2) is 0 Å². The number of fused-ring (bicyclic) bond motifs is 2. The summed E-state index contributed by atoms with van der Waals surface area (Å²) in [6.45, 7) is 8.66. The number of aryl methyl sites for hydroxylation is 1. The van der Waals surface area contributed by atoms with Gasteiger partial charge in [-0.1, -0.05) is 19.4 Å². The van der Waals surface area contributed by atoms with Crippen LogP contribution in [0.3, 0.4) is 0 Å². The Balaban J connectivity index is 1.44. The predicted octanol–water partition coefficient (Wildman–Crippen LogP) is 5.06. The molecule has 2 heterocycles. The number of benzene rings is 2. The lowest BCUT2D eigenvalue weighted by atomic mass is 10.1. The third-order valence-corrected chi connectivity index (χ3v) is 5.19. The standard InChI is InChI=1S/C24H30N2O2/c1-4-5-17-6-9-23-19(12-17)14-21(28-23)15-27-20-7-8-22-18(13-20)10-11-26(22)16-24(2,3)25/h6-9,12-14H,4-5,10-11,15-16,25H2,1-3H3. The Morgan fingerprint density at radius 3 is 2.79 bits per heavy atom. The lowest BCUT2D eigenvalue weighted by Crippen LogP contribution is -2.44. The first kappa shape index (κ1) is 18.9. The number of nitrogens with zero attached hydrogens (tertiary/aromatic N) is 1. The van der Waals surface area contributed by atoms with E-state index in [2.05, 4.69) is 62.1 Å². The summed E-state index contributed by atoms with van der Waals surface area (Å²) in [5, 5.41) is 1.15. The van der Waals surface area contributed by atoms with E-state index in [1.165, 1.54) is 16.8 Å². The predicted molar refractivity (Wildman–Crippen MR) is 115 cm³/mol. The van der Waals surface area contributed by atoms with Crippen LogP contribution < -0.4 is 15.4 Å². The van der Waals surface area contributed by atoms with Gasteiger partial charge in [-0.3, -0.25) is 0 Å². The fourth-order valence-electron chi connectivity index (χ4n) is 4.01. The highest BCUT2D eigenvalue weighted by atomic mass is 16.5. The van der Waals surface area contributed by atoms with Crippen LogP contribution in [0, 0.1) is 0 Å².